The van der Waals surface area contributed by atoms with Crippen molar-refractivity contribution in [3.8, 4) is 0 Å². The summed E-state index contributed by atoms with van der Waals surface area (Å²) in [5.74, 6) is 0. The van der Waals surface area contributed by atoms with Crippen LogP contribution in [-0.2, 0) is 4.74 Å². The zero-order valence-electron chi connectivity index (χ0n) is 15.3. The molecule has 2 rings (SSSR count). The third-order valence-corrected chi connectivity index (χ3v) is 3.47. The van der Waals surface area contributed by atoms with Crippen molar-refractivity contribution in [2.24, 2.45) is 0 Å². The Balaban J connectivity index is 0.000000597. The number of para-hydroxylation sites is 1. The zero-order chi connectivity index (χ0) is 19.7. The van der Waals surface area contributed by atoms with Crippen molar-refractivity contribution in [3.63, 3.8) is 0 Å². The van der Waals surface area contributed by atoms with Gasteiger partial charge in [-0.25, -0.2) is 4.58 Å². The minimum absolute atomic E-state index is 0.636. The van der Waals surface area contributed by atoms with Crippen LogP contribution >= 0.6 is 0 Å². The van der Waals surface area contributed by atoms with Crippen molar-refractivity contribution >= 4 is 30.0 Å². The summed E-state index contributed by atoms with van der Waals surface area (Å²) in [5, 5.41) is 11.1. The number of nitrogens with zero attached hydrogens (tertiary/aromatic N) is 4. The molecule has 0 saturated carbocycles. The standard InChI is InChI=1S/C15H24N5O.BF4/c1-5-19(6-2)15(21-8-4)20(7-3)13-11-9-10-12-14(13)17-18-16-12;2-1(3,4)5/h9-11H,5-8H2,1-4H3,(H,16,17,18);/q+1;-1. The normalized spacial score (nSPS) is 10.9. The summed E-state index contributed by atoms with van der Waals surface area (Å²) in [6, 6.07) is 6.87. The molecule has 0 spiro atoms. The van der Waals surface area contributed by atoms with Gasteiger partial charge in [-0.15, -0.1) is 0 Å². The first-order valence-corrected chi connectivity index (χ1v) is 8.45. The Morgan fingerprint density at radius 2 is 1.73 bits per heavy atom. The molecule has 0 aliphatic rings. The van der Waals surface area contributed by atoms with E-state index in [-0.39, 0.29) is 0 Å². The Bertz CT molecular complexity index is 707. The number of ether oxygens (including phenoxy) is 1. The molecule has 0 fully saturated rings. The number of hydrogen-bond donors (Lipinski definition) is 1. The SMILES string of the molecule is CCOC(N(CC)c1cccc2n[nH]nc12)=[N+](CC)CC.F[B-](F)(F)F. The van der Waals surface area contributed by atoms with E-state index in [0.717, 1.165) is 42.4 Å². The van der Waals surface area contributed by atoms with Gasteiger partial charge < -0.3 is 22.0 Å². The molecule has 0 unspecified atom stereocenters. The first-order valence-electron chi connectivity index (χ1n) is 8.45. The highest BCUT2D eigenvalue weighted by atomic mass is 19.5. The third kappa shape index (κ3) is 6.19. The molecule has 1 aromatic carbocycles. The van der Waals surface area contributed by atoms with Crippen molar-refractivity contribution in [2.45, 2.75) is 27.7 Å². The number of benzene rings is 1. The Morgan fingerprint density at radius 3 is 2.23 bits per heavy atom. The van der Waals surface area contributed by atoms with Crippen molar-refractivity contribution in [3.05, 3.63) is 18.2 Å². The predicted octanol–water partition coefficient (Wildman–Crippen LogP) is 3.53. The maximum Gasteiger partial charge on any atom is 0.673 e. The van der Waals surface area contributed by atoms with Crippen molar-refractivity contribution in [1.29, 1.82) is 0 Å². The van der Waals surface area contributed by atoms with Gasteiger partial charge in [0.05, 0.1) is 26.2 Å². The molecule has 1 aromatic heterocycles. The first-order chi connectivity index (χ1) is 12.3. The fraction of sp³-hybridized carbons (Fsp3) is 0.533. The number of H-pyrrole nitrogens is 1. The molecule has 1 N–H and O–H groups in total. The Morgan fingerprint density at radius 1 is 1.12 bits per heavy atom. The summed E-state index contributed by atoms with van der Waals surface area (Å²) >= 11 is 0. The van der Waals surface area contributed by atoms with Crippen molar-refractivity contribution in [1.82, 2.24) is 15.4 Å². The lowest BCUT2D eigenvalue weighted by atomic mass is 10.2. The summed E-state index contributed by atoms with van der Waals surface area (Å²) < 4.78 is 47.1. The van der Waals surface area contributed by atoms with E-state index in [1.54, 1.807) is 0 Å². The lowest BCUT2D eigenvalue weighted by Gasteiger charge is -2.19. The van der Waals surface area contributed by atoms with Crippen molar-refractivity contribution in [2.75, 3.05) is 31.1 Å². The third-order valence-electron chi connectivity index (χ3n) is 3.47. The highest BCUT2D eigenvalue weighted by Crippen LogP contribution is 2.24. The summed E-state index contributed by atoms with van der Waals surface area (Å²) in [4.78, 5) is 2.15. The smallest absolute Gasteiger partial charge is 0.432 e. The van der Waals surface area contributed by atoms with E-state index in [1.165, 1.54) is 0 Å². The van der Waals surface area contributed by atoms with E-state index in [4.69, 9.17) is 4.74 Å². The van der Waals surface area contributed by atoms with Crippen LogP contribution in [0.1, 0.15) is 27.7 Å². The topological polar surface area (TPSA) is 57.0 Å². The Hall–Kier alpha value is -2.33. The predicted molar refractivity (Wildman–Crippen MR) is 95.1 cm³/mol. The summed E-state index contributed by atoms with van der Waals surface area (Å²) in [7, 11) is -6.00. The summed E-state index contributed by atoms with van der Waals surface area (Å²) in [6.45, 7) is 11.6. The molecule has 146 valence electrons. The average molecular weight is 377 g/mol. The maximum atomic E-state index is 9.75. The number of nitrogens with one attached hydrogen (secondary N) is 1. The molecule has 2 aromatic rings. The molecule has 0 saturated heterocycles. The second kappa shape index (κ2) is 9.98. The zero-order valence-corrected chi connectivity index (χ0v) is 15.3. The van der Waals surface area contributed by atoms with Gasteiger partial charge in [-0.1, -0.05) is 6.07 Å². The molecule has 26 heavy (non-hydrogen) atoms. The van der Waals surface area contributed by atoms with Gasteiger partial charge in [-0.2, -0.15) is 20.3 Å². The van der Waals surface area contributed by atoms with Gasteiger partial charge in [0, 0.05) is 0 Å². The van der Waals surface area contributed by atoms with Gasteiger partial charge in [-0.05, 0) is 39.8 Å². The summed E-state index contributed by atoms with van der Waals surface area (Å²) in [5.41, 5.74) is 2.74. The van der Waals surface area contributed by atoms with Crippen LogP contribution in [0.25, 0.3) is 11.0 Å². The van der Waals surface area contributed by atoms with E-state index >= 15 is 0 Å². The van der Waals surface area contributed by atoms with Crippen LogP contribution in [0, 0.1) is 0 Å². The van der Waals surface area contributed by atoms with Gasteiger partial charge in [0.25, 0.3) is 0 Å². The van der Waals surface area contributed by atoms with Crippen LogP contribution in [-0.4, -0.2) is 59.5 Å². The van der Waals surface area contributed by atoms with E-state index < -0.39 is 7.25 Å². The molecule has 1 heterocycles. The number of halogens is 4. The average Bonchev–Trinajstić information content (AvgIpc) is 3.04. The van der Waals surface area contributed by atoms with Gasteiger partial charge in [-0.3, -0.25) is 0 Å². The molecule has 11 heteroatoms. The quantitative estimate of drug-likeness (QED) is 0.285. The molecule has 6 nitrogen and oxygen atoms in total. The van der Waals surface area contributed by atoms with Gasteiger partial charge in [0.1, 0.15) is 5.52 Å². The number of rotatable bonds is 5. The van der Waals surface area contributed by atoms with Crippen LogP contribution in [0.3, 0.4) is 0 Å². The molecule has 0 amide bonds. The number of fused-ring (bicyclic) bond motifs is 1. The molecular weight excluding hydrogens is 353 g/mol. The number of anilines is 1. The van der Waals surface area contributed by atoms with E-state index in [1.807, 2.05) is 19.1 Å². The monoisotopic (exact) mass is 377 g/mol. The van der Waals surface area contributed by atoms with E-state index in [0.29, 0.717) is 6.61 Å². The maximum absolute atomic E-state index is 9.75. The molecule has 0 atom stereocenters. The minimum atomic E-state index is -6.00. The van der Waals surface area contributed by atoms with Crippen LogP contribution in [0.15, 0.2) is 18.2 Å². The minimum Gasteiger partial charge on any atom is -0.432 e. The van der Waals surface area contributed by atoms with Gasteiger partial charge >= 0.3 is 13.3 Å². The number of hydrogen-bond acceptors (Lipinski definition) is 3. The van der Waals surface area contributed by atoms with Gasteiger partial charge in [0.2, 0.25) is 0 Å². The largest absolute Gasteiger partial charge is 0.673 e. The highest BCUT2D eigenvalue weighted by molar-refractivity contribution is 6.50. The fourth-order valence-corrected chi connectivity index (χ4v) is 2.44. The molecular formula is C15H24BF4N5O. The Labute approximate surface area is 149 Å². The second-order valence-corrected chi connectivity index (χ2v) is 5.10. The summed E-state index contributed by atoms with van der Waals surface area (Å²) in [6.07, 6.45) is 0. The van der Waals surface area contributed by atoms with Crippen LogP contribution in [0.4, 0.5) is 23.0 Å². The molecule has 0 bridgehead atoms. The molecule has 0 aliphatic heterocycles. The Kier molecular flexibility index (Phi) is 8.33. The van der Waals surface area contributed by atoms with Crippen LogP contribution in [0.5, 0.6) is 0 Å². The first kappa shape index (κ1) is 21.7. The van der Waals surface area contributed by atoms with Crippen LogP contribution < -0.4 is 4.90 Å². The van der Waals surface area contributed by atoms with E-state index in [2.05, 4.69) is 51.7 Å². The highest BCUT2D eigenvalue weighted by Gasteiger charge is 2.27. The number of amidine groups is 1. The number of aromatic amines is 1. The molecule has 0 aliphatic carbocycles. The number of aromatic nitrogens is 3. The second-order valence-electron chi connectivity index (χ2n) is 5.10. The van der Waals surface area contributed by atoms with Gasteiger partial charge in [0.15, 0.2) is 11.2 Å². The fourth-order valence-electron chi connectivity index (χ4n) is 2.44. The lowest BCUT2D eigenvalue weighted by Crippen LogP contribution is -2.40. The van der Waals surface area contributed by atoms with Crippen molar-refractivity contribution < 1.29 is 26.6 Å². The molecule has 0 radical (unpaired) electrons. The van der Waals surface area contributed by atoms with Crippen LogP contribution in [0.2, 0.25) is 0 Å². The van der Waals surface area contributed by atoms with E-state index in [9.17, 15) is 17.3 Å². The lowest BCUT2D eigenvalue weighted by molar-refractivity contribution is -0.530.